The highest BCUT2D eigenvalue weighted by Gasteiger charge is 2.12. The lowest BCUT2D eigenvalue weighted by Gasteiger charge is -2.14. The van der Waals surface area contributed by atoms with Gasteiger partial charge >= 0.3 is 0 Å². The molecule has 3 rings (SSSR count). The molecule has 0 aliphatic rings. The van der Waals surface area contributed by atoms with Gasteiger partial charge in [0.2, 0.25) is 0 Å². The maximum Gasteiger partial charge on any atom is 0.257 e. The van der Waals surface area contributed by atoms with Crippen LogP contribution in [0.3, 0.4) is 0 Å². The normalized spacial score (nSPS) is 10.4. The summed E-state index contributed by atoms with van der Waals surface area (Å²) in [5.41, 5.74) is 1.75. The van der Waals surface area contributed by atoms with E-state index in [1.807, 2.05) is 6.07 Å². The van der Waals surface area contributed by atoms with Crippen LogP contribution in [0.1, 0.15) is 16.1 Å². The number of aliphatic hydroxyl groups is 1. The van der Waals surface area contributed by atoms with E-state index < -0.39 is 0 Å². The molecule has 8 heteroatoms. The molecule has 0 unspecified atom stereocenters. The van der Waals surface area contributed by atoms with Crippen molar-refractivity contribution in [3.05, 3.63) is 70.9 Å². The van der Waals surface area contributed by atoms with Gasteiger partial charge in [-0.15, -0.1) is 0 Å². The fourth-order valence-electron chi connectivity index (χ4n) is 2.51. The molecule has 0 spiro atoms. The highest BCUT2D eigenvalue weighted by molar-refractivity contribution is 7.80. The van der Waals surface area contributed by atoms with E-state index in [-0.39, 0.29) is 17.6 Å². The minimum absolute atomic E-state index is 0.117. The molecule has 1 aromatic heterocycles. The van der Waals surface area contributed by atoms with Crippen LogP contribution in [0, 0.1) is 0 Å². The molecule has 0 aliphatic heterocycles. The summed E-state index contributed by atoms with van der Waals surface area (Å²) in [6.07, 6.45) is 0. The number of aliphatic hydroxyl groups excluding tert-OH is 1. The predicted octanol–water partition coefficient (Wildman–Crippen LogP) is 4.23. The molecule has 2 aromatic carbocycles. The van der Waals surface area contributed by atoms with E-state index in [9.17, 15) is 4.79 Å². The number of carbonyl (C=O) groups is 1. The fourth-order valence-corrected chi connectivity index (χ4v) is 2.84. The smallest absolute Gasteiger partial charge is 0.257 e. The van der Waals surface area contributed by atoms with Crippen molar-refractivity contribution in [2.45, 2.75) is 6.61 Å². The molecule has 1 amide bonds. The Morgan fingerprint density at radius 2 is 1.93 bits per heavy atom. The zero-order valence-electron chi connectivity index (χ0n) is 14.9. The number of carbonyl (C=O) groups excluding carboxylic acids is 1. The van der Waals surface area contributed by atoms with Gasteiger partial charge in [-0.1, -0.05) is 11.6 Å². The Hall–Kier alpha value is -2.87. The molecule has 1 heterocycles. The zero-order chi connectivity index (χ0) is 20.1. The lowest BCUT2D eigenvalue weighted by Crippen LogP contribution is -2.34. The summed E-state index contributed by atoms with van der Waals surface area (Å²) < 4.78 is 10.9. The SMILES string of the molecule is COc1ccc(-c2ccc(CO)o2)cc1NC(=S)NC(=O)c1ccc(Cl)cc1. The number of ether oxygens (including phenoxy) is 1. The third-order valence-electron chi connectivity index (χ3n) is 3.88. The summed E-state index contributed by atoms with van der Waals surface area (Å²) >= 11 is 11.1. The first-order chi connectivity index (χ1) is 13.5. The monoisotopic (exact) mass is 416 g/mol. The van der Waals surface area contributed by atoms with Gasteiger partial charge in [-0.2, -0.15) is 0 Å². The van der Waals surface area contributed by atoms with Gasteiger partial charge in [0, 0.05) is 16.1 Å². The second-order valence-corrected chi connectivity index (χ2v) is 6.60. The van der Waals surface area contributed by atoms with Crippen molar-refractivity contribution >= 4 is 40.5 Å². The molecule has 0 atom stereocenters. The number of thiocarbonyl (C=S) groups is 1. The first kappa shape index (κ1) is 19.9. The Labute approximate surface area is 172 Å². The van der Waals surface area contributed by atoms with Crippen LogP contribution in [0.2, 0.25) is 5.02 Å². The van der Waals surface area contributed by atoms with E-state index in [1.165, 1.54) is 7.11 Å². The molecule has 6 nitrogen and oxygen atoms in total. The molecule has 0 aliphatic carbocycles. The summed E-state index contributed by atoms with van der Waals surface area (Å²) in [7, 11) is 1.53. The van der Waals surface area contributed by atoms with Gasteiger partial charge in [-0.25, -0.2) is 0 Å². The van der Waals surface area contributed by atoms with E-state index in [0.29, 0.717) is 33.5 Å². The third-order valence-corrected chi connectivity index (χ3v) is 4.34. The lowest BCUT2D eigenvalue weighted by atomic mass is 10.1. The average molecular weight is 417 g/mol. The van der Waals surface area contributed by atoms with Gasteiger partial charge in [0.25, 0.3) is 5.91 Å². The molecule has 28 heavy (non-hydrogen) atoms. The Morgan fingerprint density at radius 1 is 1.18 bits per heavy atom. The quantitative estimate of drug-likeness (QED) is 0.540. The van der Waals surface area contributed by atoms with Crippen LogP contribution in [0.4, 0.5) is 5.69 Å². The Morgan fingerprint density at radius 3 is 2.57 bits per heavy atom. The largest absolute Gasteiger partial charge is 0.495 e. The number of furan rings is 1. The van der Waals surface area contributed by atoms with Crippen LogP contribution < -0.4 is 15.4 Å². The van der Waals surface area contributed by atoms with Crippen molar-refractivity contribution in [3.8, 4) is 17.1 Å². The number of hydrogen-bond donors (Lipinski definition) is 3. The molecular formula is C20H17ClN2O4S. The summed E-state index contributed by atoms with van der Waals surface area (Å²) in [5, 5.41) is 15.4. The molecule has 3 aromatic rings. The minimum Gasteiger partial charge on any atom is -0.495 e. The van der Waals surface area contributed by atoms with Gasteiger partial charge in [0.15, 0.2) is 5.11 Å². The number of nitrogens with one attached hydrogen (secondary N) is 2. The van der Waals surface area contributed by atoms with Crippen molar-refractivity contribution < 1.29 is 19.1 Å². The number of rotatable bonds is 5. The summed E-state index contributed by atoms with van der Waals surface area (Å²) in [5.74, 6) is 1.24. The van der Waals surface area contributed by atoms with E-state index in [4.69, 9.17) is 38.1 Å². The van der Waals surface area contributed by atoms with Crippen molar-refractivity contribution in [1.82, 2.24) is 5.32 Å². The third kappa shape index (κ3) is 4.69. The standard InChI is InChI=1S/C20H17ClN2O4S/c1-26-18-8-4-13(17-9-7-15(11-24)27-17)10-16(18)22-20(28)23-19(25)12-2-5-14(21)6-3-12/h2-10,24H,11H2,1H3,(H2,22,23,25,28). The van der Waals surface area contributed by atoms with Crippen LogP contribution >= 0.6 is 23.8 Å². The van der Waals surface area contributed by atoms with Crippen molar-refractivity contribution in [1.29, 1.82) is 0 Å². The minimum atomic E-state index is -0.358. The summed E-state index contributed by atoms with van der Waals surface area (Å²) in [4.78, 5) is 12.3. The van der Waals surface area contributed by atoms with E-state index in [1.54, 1.807) is 48.5 Å². The first-order valence-electron chi connectivity index (χ1n) is 8.26. The average Bonchev–Trinajstić information content (AvgIpc) is 3.17. The van der Waals surface area contributed by atoms with Crippen molar-refractivity contribution in [3.63, 3.8) is 0 Å². The molecule has 144 valence electrons. The lowest BCUT2D eigenvalue weighted by molar-refractivity contribution is 0.0977. The number of benzene rings is 2. The predicted molar refractivity (Wildman–Crippen MR) is 112 cm³/mol. The second-order valence-electron chi connectivity index (χ2n) is 5.75. The van der Waals surface area contributed by atoms with Gasteiger partial charge in [-0.3, -0.25) is 10.1 Å². The molecule has 0 saturated carbocycles. The number of anilines is 1. The fraction of sp³-hybridized carbons (Fsp3) is 0.100. The first-order valence-corrected chi connectivity index (χ1v) is 9.04. The Kier molecular flexibility index (Phi) is 6.30. The summed E-state index contributed by atoms with van der Waals surface area (Å²) in [6.45, 7) is -0.178. The molecule has 0 radical (unpaired) electrons. The molecule has 0 bridgehead atoms. The van der Waals surface area contributed by atoms with Crippen LogP contribution in [-0.2, 0) is 6.61 Å². The maximum absolute atomic E-state index is 12.3. The zero-order valence-corrected chi connectivity index (χ0v) is 16.4. The van der Waals surface area contributed by atoms with Gasteiger partial charge in [0.05, 0.1) is 12.8 Å². The maximum atomic E-state index is 12.3. The van der Waals surface area contributed by atoms with Crippen molar-refractivity contribution in [2.24, 2.45) is 0 Å². The molecular weight excluding hydrogens is 400 g/mol. The number of amides is 1. The second kappa shape index (κ2) is 8.88. The number of halogens is 1. The molecule has 0 saturated heterocycles. The number of hydrogen-bond acceptors (Lipinski definition) is 5. The Bertz CT molecular complexity index is 1000. The van der Waals surface area contributed by atoms with Gasteiger partial charge in [0.1, 0.15) is 23.9 Å². The number of methoxy groups -OCH3 is 1. The van der Waals surface area contributed by atoms with Crippen LogP contribution in [-0.4, -0.2) is 23.2 Å². The van der Waals surface area contributed by atoms with Crippen LogP contribution in [0.25, 0.3) is 11.3 Å². The Balaban J connectivity index is 1.76. The van der Waals surface area contributed by atoms with Crippen LogP contribution in [0.5, 0.6) is 5.75 Å². The molecule has 0 fully saturated rings. The van der Waals surface area contributed by atoms with Crippen molar-refractivity contribution in [2.75, 3.05) is 12.4 Å². The topological polar surface area (TPSA) is 83.7 Å². The van der Waals surface area contributed by atoms with E-state index in [0.717, 1.165) is 5.56 Å². The van der Waals surface area contributed by atoms with Gasteiger partial charge < -0.3 is 19.6 Å². The van der Waals surface area contributed by atoms with E-state index in [2.05, 4.69) is 10.6 Å². The van der Waals surface area contributed by atoms with Crippen LogP contribution in [0.15, 0.2) is 59.0 Å². The molecule has 3 N–H and O–H groups in total. The highest BCUT2D eigenvalue weighted by Crippen LogP contribution is 2.31. The summed E-state index contributed by atoms with van der Waals surface area (Å²) in [6, 6.07) is 15.3. The highest BCUT2D eigenvalue weighted by atomic mass is 35.5. The van der Waals surface area contributed by atoms with Gasteiger partial charge in [-0.05, 0) is 66.8 Å². The van der Waals surface area contributed by atoms with E-state index >= 15 is 0 Å².